The molecule has 174 valence electrons. The first kappa shape index (κ1) is 23.3. The van der Waals surface area contributed by atoms with Crippen molar-refractivity contribution < 1.29 is 33.0 Å². The summed E-state index contributed by atoms with van der Waals surface area (Å²) in [4.78, 5) is 27.3. The molecule has 1 heterocycles. The number of rotatable bonds is 5. The SMILES string of the molecule is COc1cc(OC)c(/C(O)=C2\C(=O)C(=O)N(c3ccc(F)cc3)C2c2ccccc2F)cc1Cl. The predicted octanol–water partition coefficient (Wildman–Crippen LogP) is 5.26. The predicted molar refractivity (Wildman–Crippen MR) is 122 cm³/mol. The van der Waals surface area contributed by atoms with Crippen LogP contribution < -0.4 is 14.4 Å². The molecule has 0 radical (unpaired) electrons. The van der Waals surface area contributed by atoms with Crippen molar-refractivity contribution in [3.63, 3.8) is 0 Å². The standard InChI is InChI=1S/C25H18ClF2NO5/c1-33-19-12-20(34-2)17(26)11-16(19)23(30)21-22(15-5-3-4-6-18(15)28)29(25(32)24(21)31)14-9-7-13(27)8-10-14/h3-12,22,30H,1-2H3/b23-21+. The molecule has 4 rings (SSSR count). The summed E-state index contributed by atoms with van der Waals surface area (Å²) in [5, 5.41) is 11.4. The summed E-state index contributed by atoms with van der Waals surface area (Å²) in [6, 6.07) is 11.8. The van der Waals surface area contributed by atoms with E-state index in [-0.39, 0.29) is 38.9 Å². The quantitative estimate of drug-likeness (QED) is 0.303. The van der Waals surface area contributed by atoms with Gasteiger partial charge in [0.25, 0.3) is 11.7 Å². The van der Waals surface area contributed by atoms with Crippen molar-refractivity contribution >= 4 is 34.7 Å². The fourth-order valence-corrected chi connectivity index (χ4v) is 4.12. The maximum atomic E-state index is 14.9. The van der Waals surface area contributed by atoms with Crippen LogP contribution in [0.4, 0.5) is 14.5 Å². The Morgan fingerprint density at radius 1 is 0.971 bits per heavy atom. The lowest BCUT2D eigenvalue weighted by Gasteiger charge is -2.26. The number of carbonyl (C=O) groups is 2. The molecule has 1 atom stereocenters. The monoisotopic (exact) mass is 485 g/mol. The minimum absolute atomic E-state index is 0.00625. The zero-order valence-corrected chi connectivity index (χ0v) is 18.8. The van der Waals surface area contributed by atoms with Gasteiger partial charge in [-0.05, 0) is 36.4 Å². The van der Waals surface area contributed by atoms with Crippen molar-refractivity contribution in [1.82, 2.24) is 0 Å². The highest BCUT2D eigenvalue weighted by Crippen LogP contribution is 2.45. The fourth-order valence-electron chi connectivity index (χ4n) is 3.88. The highest BCUT2D eigenvalue weighted by Gasteiger charge is 2.48. The summed E-state index contributed by atoms with van der Waals surface area (Å²) < 4.78 is 38.9. The van der Waals surface area contributed by atoms with Gasteiger partial charge in [0.05, 0.1) is 36.4 Å². The van der Waals surface area contributed by atoms with Gasteiger partial charge < -0.3 is 14.6 Å². The molecule has 1 amide bonds. The van der Waals surface area contributed by atoms with Gasteiger partial charge in [0, 0.05) is 17.3 Å². The van der Waals surface area contributed by atoms with E-state index in [1.807, 2.05) is 0 Å². The summed E-state index contributed by atoms with van der Waals surface area (Å²) in [7, 11) is 2.73. The molecule has 1 aliphatic rings. The Labute approximate surface area is 198 Å². The van der Waals surface area contributed by atoms with Crippen LogP contribution in [0.15, 0.2) is 66.2 Å². The van der Waals surface area contributed by atoms with E-state index in [1.165, 1.54) is 62.8 Å². The van der Waals surface area contributed by atoms with E-state index in [2.05, 4.69) is 0 Å². The molecule has 6 nitrogen and oxygen atoms in total. The smallest absolute Gasteiger partial charge is 0.300 e. The van der Waals surface area contributed by atoms with Gasteiger partial charge in [-0.25, -0.2) is 8.78 Å². The van der Waals surface area contributed by atoms with Crippen LogP contribution in [0, 0.1) is 11.6 Å². The number of ketones is 1. The molecule has 0 aliphatic carbocycles. The molecule has 3 aromatic rings. The summed E-state index contributed by atoms with van der Waals surface area (Å²) in [5.74, 6) is -3.57. The number of carbonyl (C=O) groups excluding carboxylic acids is 2. The van der Waals surface area contributed by atoms with Gasteiger partial charge in [0.15, 0.2) is 0 Å². The second-order valence-corrected chi connectivity index (χ2v) is 7.76. The van der Waals surface area contributed by atoms with Gasteiger partial charge in [-0.2, -0.15) is 0 Å². The van der Waals surface area contributed by atoms with Crippen LogP contribution in [0.1, 0.15) is 17.2 Å². The maximum absolute atomic E-state index is 14.9. The highest BCUT2D eigenvalue weighted by atomic mass is 35.5. The third-order valence-electron chi connectivity index (χ3n) is 5.48. The van der Waals surface area contributed by atoms with Gasteiger partial charge in [-0.15, -0.1) is 0 Å². The zero-order valence-electron chi connectivity index (χ0n) is 18.0. The summed E-state index contributed by atoms with van der Waals surface area (Å²) >= 11 is 6.22. The van der Waals surface area contributed by atoms with Crippen LogP contribution in [-0.4, -0.2) is 31.0 Å². The molecule has 1 fully saturated rings. The Morgan fingerprint density at radius 2 is 1.62 bits per heavy atom. The van der Waals surface area contributed by atoms with Crippen LogP contribution in [0.5, 0.6) is 11.5 Å². The van der Waals surface area contributed by atoms with E-state index < -0.39 is 35.1 Å². The van der Waals surface area contributed by atoms with Crippen molar-refractivity contribution in [2.45, 2.75) is 6.04 Å². The summed E-state index contributed by atoms with van der Waals surface area (Å²) in [6.07, 6.45) is 0. The Bertz CT molecular complexity index is 1320. The van der Waals surface area contributed by atoms with Crippen molar-refractivity contribution in [1.29, 1.82) is 0 Å². The van der Waals surface area contributed by atoms with Gasteiger partial charge in [-0.1, -0.05) is 29.8 Å². The molecule has 1 N–H and O–H groups in total. The first-order valence-corrected chi connectivity index (χ1v) is 10.4. The van der Waals surface area contributed by atoms with Crippen molar-refractivity contribution in [3.05, 3.63) is 94.0 Å². The second-order valence-electron chi connectivity index (χ2n) is 7.35. The number of Topliss-reactive ketones (excluding diaryl/α,β-unsaturated/α-hetero) is 1. The van der Waals surface area contributed by atoms with Gasteiger partial charge in [0.1, 0.15) is 28.9 Å². The molecular formula is C25H18ClF2NO5. The lowest BCUT2D eigenvalue weighted by Crippen LogP contribution is -2.29. The van der Waals surface area contributed by atoms with Crippen molar-refractivity contribution in [2.75, 3.05) is 19.1 Å². The lowest BCUT2D eigenvalue weighted by atomic mass is 9.94. The number of halogens is 3. The Kier molecular flexibility index (Phi) is 6.26. The van der Waals surface area contributed by atoms with Crippen LogP contribution >= 0.6 is 11.6 Å². The zero-order chi connectivity index (χ0) is 24.6. The molecule has 9 heteroatoms. The number of hydrogen-bond acceptors (Lipinski definition) is 5. The summed E-state index contributed by atoms with van der Waals surface area (Å²) in [6.45, 7) is 0. The van der Waals surface area contributed by atoms with Crippen LogP contribution in [0.25, 0.3) is 5.76 Å². The average Bonchev–Trinajstić information content (AvgIpc) is 3.09. The molecule has 0 aromatic heterocycles. The van der Waals surface area contributed by atoms with Crippen LogP contribution in [0.3, 0.4) is 0 Å². The number of hydrogen-bond donors (Lipinski definition) is 1. The first-order chi connectivity index (χ1) is 16.3. The second kappa shape index (κ2) is 9.15. The highest BCUT2D eigenvalue weighted by molar-refractivity contribution is 6.51. The lowest BCUT2D eigenvalue weighted by molar-refractivity contribution is -0.132. The molecular weight excluding hydrogens is 468 g/mol. The molecule has 1 saturated heterocycles. The molecule has 34 heavy (non-hydrogen) atoms. The number of methoxy groups -OCH3 is 2. The van der Waals surface area contributed by atoms with E-state index in [4.69, 9.17) is 21.1 Å². The summed E-state index contributed by atoms with van der Waals surface area (Å²) in [5.41, 5.74) is -0.257. The minimum atomic E-state index is -1.34. The van der Waals surface area contributed by atoms with Gasteiger partial charge in [-0.3, -0.25) is 14.5 Å². The number of ether oxygens (including phenoxy) is 2. The third-order valence-corrected chi connectivity index (χ3v) is 5.77. The van der Waals surface area contributed by atoms with Gasteiger partial charge >= 0.3 is 0 Å². The molecule has 0 spiro atoms. The number of aliphatic hydroxyl groups excluding tert-OH is 1. The normalized spacial score (nSPS) is 17.2. The number of nitrogens with zero attached hydrogens (tertiary/aromatic N) is 1. The number of amides is 1. The minimum Gasteiger partial charge on any atom is -0.507 e. The third kappa shape index (κ3) is 3.86. The van der Waals surface area contributed by atoms with Crippen molar-refractivity contribution in [3.8, 4) is 11.5 Å². The first-order valence-electron chi connectivity index (χ1n) is 10.0. The van der Waals surface area contributed by atoms with Crippen LogP contribution in [0.2, 0.25) is 5.02 Å². The number of benzene rings is 3. The Hall–Kier alpha value is -3.91. The van der Waals surface area contributed by atoms with E-state index in [1.54, 1.807) is 0 Å². The average molecular weight is 486 g/mol. The molecule has 0 saturated carbocycles. The Balaban J connectivity index is 2.00. The van der Waals surface area contributed by atoms with Crippen LogP contribution in [-0.2, 0) is 9.59 Å². The van der Waals surface area contributed by atoms with E-state index in [0.717, 1.165) is 17.0 Å². The van der Waals surface area contributed by atoms with E-state index >= 15 is 0 Å². The van der Waals surface area contributed by atoms with Gasteiger partial charge in [0.2, 0.25) is 0 Å². The maximum Gasteiger partial charge on any atom is 0.300 e. The fraction of sp³-hybridized carbons (Fsp3) is 0.120. The number of aliphatic hydroxyl groups is 1. The Morgan fingerprint density at radius 3 is 2.24 bits per heavy atom. The molecule has 3 aromatic carbocycles. The largest absolute Gasteiger partial charge is 0.507 e. The molecule has 0 bridgehead atoms. The van der Waals surface area contributed by atoms with E-state index in [9.17, 15) is 23.5 Å². The van der Waals surface area contributed by atoms with Crippen molar-refractivity contribution in [2.24, 2.45) is 0 Å². The topological polar surface area (TPSA) is 76.1 Å². The molecule has 1 aliphatic heterocycles. The van der Waals surface area contributed by atoms with E-state index in [0.29, 0.717) is 0 Å². The number of anilines is 1. The molecule has 1 unspecified atom stereocenters.